The van der Waals surface area contributed by atoms with Crippen molar-refractivity contribution in [2.24, 2.45) is 0 Å². The minimum atomic E-state index is -6.48. The summed E-state index contributed by atoms with van der Waals surface area (Å²) >= 11 is 0. The van der Waals surface area contributed by atoms with Crippen LogP contribution in [0.25, 0.3) is 0 Å². The van der Waals surface area contributed by atoms with Gasteiger partial charge in [0.1, 0.15) is 11.4 Å². The first-order chi connectivity index (χ1) is 26.1. The second kappa shape index (κ2) is 12.6. The van der Waals surface area contributed by atoms with Crippen LogP contribution in [0.4, 0.5) is 75.4 Å². The number of halogens is 12. The minimum Gasteiger partial charge on any atom is -0.268 e. The molecule has 296 valence electrons. The molecule has 0 aliphatic carbocycles. The third-order valence-electron chi connectivity index (χ3n) is 8.97. The summed E-state index contributed by atoms with van der Waals surface area (Å²) in [5, 5.41) is 23.3. The van der Waals surface area contributed by atoms with Crippen molar-refractivity contribution in [1.82, 2.24) is 0 Å². The first-order valence-corrected chi connectivity index (χ1v) is 15.1. The lowest BCUT2D eigenvalue weighted by atomic mass is 9.71. The van der Waals surface area contributed by atoms with E-state index in [-0.39, 0.29) is 58.3 Å². The van der Waals surface area contributed by atoms with Crippen LogP contribution in [0.15, 0.2) is 72.8 Å². The van der Waals surface area contributed by atoms with Crippen molar-refractivity contribution in [3.63, 3.8) is 0 Å². The van der Waals surface area contributed by atoms with E-state index in [0.717, 1.165) is 0 Å². The Kier molecular flexibility index (Phi) is 8.78. The molecule has 0 radical (unpaired) electrons. The summed E-state index contributed by atoms with van der Waals surface area (Å²) in [6.45, 7) is 0. The molecule has 4 aromatic rings. The second-order valence-electron chi connectivity index (χ2n) is 12.1. The highest BCUT2D eigenvalue weighted by Crippen LogP contribution is 2.57. The van der Waals surface area contributed by atoms with E-state index in [9.17, 15) is 65.7 Å². The van der Waals surface area contributed by atoms with Gasteiger partial charge in [0.05, 0.1) is 43.2 Å². The molecule has 2 aliphatic rings. The monoisotopic (exact) mass is 820 g/mol. The minimum absolute atomic E-state index is 0.0511. The van der Waals surface area contributed by atoms with E-state index < -0.39 is 131 Å². The average Bonchev–Trinajstić information content (AvgIpc) is 3.48. The number of rotatable bonds is 6. The van der Waals surface area contributed by atoms with Crippen LogP contribution in [-0.2, 0) is 17.8 Å². The van der Waals surface area contributed by atoms with Crippen LogP contribution in [0.3, 0.4) is 0 Å². The smallest absolute Gasteiger partial charge is 0.268 e. The molecule has 0 N–H and O–H groups in total. The largest absolute Gasteiger partial charge is 0.416 e. The number of imide groups is 2. The Morgan fingerprint density at radius 2 is 0.719 bits per heavy atom. The van der Waals surface area contributed by atoms with Crippen LogP contribution >= 0.6 is 0 Å². The van der Waals surface area contributed by atoms with Gasteiger partial charge in [0.2, 0.25) is 5.41 Å². The first kappa shape index (κ1) is 39.8. The fraction of sp³-hybridized carbons (Fsp3) is 0.152. The molecule has 0 saturated heterocycles. The number of benzene rings is 4. The average molecular weight is 820 g/mol. The number of amides is 4. The number of anilines is 2. The van der Waals surface area contributed by atoms with Gasteiger partial charge in [-0.15, -0.1) is 0 Å². The van der Waals surface area contributed by atoms with Gasteiger partial charge in [-0.3, -0.25) is 39.4 Å². The number of nitro groups is 2. The van der Waals surface area contributed by atoms with Gasteiger partial charge in [0.25, 0.3) is 35.0 Å². The quantitative estimate of drug-likeness (QED) is 0.0809. The van der Waals surface area contributed by atoms with E-state index in [4.69, 9.17) is 0 Å². The number of hydrogen-bond donors (Lipinski definition) is 0. The van der Waals surface area contributed by atoms with Crippen LogP contribution in [0.2, 0.25) is 0 Å². The molecule has 0 aromatic heterocycles. The normalized spacial score (nSPS) is 15.0. The molecular weight excluding hydrogens is 808 g/mol. The summed E-state index contributed by atoms with van der Waals surface area (Å²) in [4.78, 5) is 73.4. The van der Waals surface area contributed by atoms with E-state index in [1.807, 2.05) is 0 Å². The van der Waals surface area contributed by atoms with Gasteiger partial charge < -0.3 is 0 Å². The van der Waals surface area contributed by atoms with E-state index in [1.54, 1.807) is 0 Å². The number of alkyl halides is 12. The molecular formula is C33H12F12N4O8. The maximum absolute atomic E-state index is 15.2. The van der Waals surface area contributed by atoms with E-state index in [1.165, 1.54) is 0 Å². The molecule has 0 atom stereocenters. The SMILES string of the molecule is O=C1c2ccc(C(c3ccc4c(c3)C(=O)N(c3ccc(C(F)(F)F)cc3[N+](=O)[O-])C4=O)(C(F)(F)F)C(F)(F)F)cc2C(=O)N1c1ccc(C(F)(F)F)cc1[N+](=O)[O-]. The number of fused-ring (bicyclic) bond motifs is 2. The summed E-state index contributed by atoms with van der Waals surface area (Å²) in [6.07, 6.45) is -23.3. The summed E-state index contributed by atoms with van der Waals surface area (Å²) in [5.41, 5.74) is -21.8. The van der Waals surface area contributed by atoms with Crippen molar-refractivity contribution in [2.45, 2.75) is 30.1 Å². The second-order valence-corrected chi connectivity index (χ2v) is 12.1. The zero-order valence-corrected chi connectivity index (χ0v) is 27.0. The molecule has 0 saturated carbocycles. The lowest BCUT2D eigenvalue weighted by Gasteiger charge is -2.38. The molecule has 24 heteroatoms. The Morgan fingerprint density at radius 1 is 0.421 bits per heavy atom. The summed E-state index contributed by atoms with van der Waals surface area (Å²) < 4.78 is 170. The summed E-state index contributed by atoms with van der Waals surface area (Å²) in [6, 6.07) is 1.60. The van der Waals surface area contributed by atoms with Crippen molar-refractivity contribution in [3.05, 3.63) is 138 Å². The van der Waals surface area contributed by atoms with Gasteiger partial charge in [-0.1, -0.05) is 12.1 Å². The van der Waals surface area contributed by atoms with Crippen LogP contribution < -0.4 is 9.80 Å². The molecule has 4 aromatic carbocycles. The number of hydrogen-bond acceptors (Lipinski definition) is 8. The topological polar surface area (TPSA) is 161 Å². The number of carbonyl (C=O) groups excluding carboxylic acids is 4. The highest BCUT2D eigenvalue weighted by Gasteiger charge is 2.73. The Morgan fingerprint density at radius 3 is 1.00 bits per heavy atom. The van der Waals surface area contributed by atoms with Crippen molar-refractivity contribution >= 4 is 46.4 Å². The predicted molar refractivity (Wildman–Crippen MR) is 164 cm³/mol. The number of carbonyl (C=O) groups is 4. The molecule has 0 spiro atoms. The molecule has 4 amide bonds. The van der Waals surface area contributed by atoms with Gasteiger partial charge in [-0.25, -0.2) is 9.80 Å². The number of nitrogens with zero attached hydrogens (tertiary/aromatic N) is 4. The maximum atomic E-state index is 15.2. The van der Waals surface area contributed by atoms with Crippen LogP contribution in [0.1, 0.15) is 63.7 Å². The lowest BCUT2D eigenvalue weighted by Crippen LogP contribution is -2.55. The van der Waals surface area contributed by atoms with Crippen molar-refractivity contribution in [2.75, 3.05) is 9.80 Å². The fourth-order valence-corrected chi connectivity index (χ4v) is 6.44. The van der Waals surface area contributed by atoms with Gasteiger partial charge in [0.15, 0.2) is 0 Å². The standard InChI is InChI=1S/C33H12F12N4O8/c34-30(35,36)15-3-7-21(23(11-15)48(54)55)46-25(50)17-5-1-13(9-19(17)27(46)52)29(32(40,41)42,33(43,44)45)14-2-6-18-20(10-14)28(53)47(26(18)51)22-8-4-16(31(37,38)39)12-24(22)49(56)57/h1-12H. The fourth-order valence-electron chi connectivity index (χ4n) is 6.44. The molecule has 12 nitrogen and oxygen atoms in total. The summed E-state index contributed by atoms with van der Waals surface area (Å²) in [5.74, 6) is -6.76. The predicted octanol–water partition coefficient (Wildman–Crippen LogP) is 8.55. The Hall–Kier alpha value is -6.88. The zero-order chi connectivity index (χ0) is 42.5. The molecule has 2 aliphatic heterocycles. The van der Waals surface area contributed by atoms with Gasteiger partial charge in [0, 0.05) is 12.1 Å². The van der Waals surface area contributed by atoms with Crippen LogP contribution in [-0.4, -0.2) is 45.8 Å². The van der Waals surface area contributed by atoms with E-state index in [2.05, 4.69) is 0 Å². The van der Waals surface area contributed by atoms with E-state index >= 15 is 26.3 Å². The molecule has 0 fully saturated rings. The first-order valence-electron chi connectivity index (χ1n) is 15.1. The van der Waals surface area contributed by atoms with Crippen LogP contribution in [0, 0.1) is 20.2 Å². The maximum Gasteiger partial charge on any atom is 0.416 e. The van der Waals surface area contributed by atoms with E-state index in [0.29, 0.717) is 24.3 Å². The Balaban J connectivity index is 1.50. The van der Waals surface area contributed by atoms with Gasteiger partial charge >= 0.3 is 24.7 Å². The zero-order valence-electron chi connectivity index (χ0n) is 27.0. The molecule has 0 bridgehead atoms. The highest BCUT2D eigenvalue weighted by molar-refractivity contribution is 6.36. The van der Waals surface area contributed by atoms with Gasteiger partial charge in [-0.2, -0.15) is 52.7 Å². The third kappa shape index (κ3) is 5.97. The highest BCUT2D eigenvalue weighted by atomic mass is 19.4. The Bertz CT molecular complexity index is 2320. The Labute approximate surface area is 305 Å². The van der Waals surface area contributed by atoms with Gasteiger partial charge in [-0.05, 0) is 59.7 Å². The lowest BCUT2D eigenvalue weighted by molar-refractivity contribution is -0.384. The molecule has 57 heavy (non-hydrogen) atoms. The molecule has 6 rings (SSSR count). The van der Waals surface area contributed by atoms with Crippen molar-refractivity contribution in [1.29, 1.82) is 0 Å². The molecule has 0 unspecified atom stereocenters. The third-order valence-corrected chi connectivity index (χ3v) is 8.97. The molecule has 2 heterocycles. The number of nitro benzene ring substituents is 2. The van der Waals surface area contributed by atoms with Crippen molar-refractivity contribution in [3.8, 4) is 0 Å². The summed E-state index contributed by atoms with van der Waals surface area (Å²) in [7, 11) is 0. The van der Waals surface area contributed by atoms with Crippen LogP contribution in [0.5, 0.6) is 0 Å². The van der Waals surface area contributed by atoms with Crippen molar-refractivity contribution < 1.29 is 81.7 Å².